The van der Waals surface area contributed by atoms with Crippen LogP contribution in [0, 0.1) is 0 Å². The van der Waals surface area contributed by atoms with Crippen molar-refractivity contribution in [1.29, 1.82) is 0 Å². The Morgan fingerprint density at radius 2 is 1.45 bits per heavy atom. The van der Waals surface area contributed by atoms with Crippen LogP contribution in [0.25, 0.3) is 0 Å². The van der Waals surface area contributed by atoms with Crippen LogP contribution >= 0.6 is 0 Å². The Morgan fingerprint density at radius 1 is 1.09 bits per heavy atom. The van der Waals surface area contributed by atoms with Crippen molar-refractivity contribution >= 4 is 0 Å². The molecule has 0 saturated heterocycles. The summed E-state index contributed by atoms with van der Waals surface area (Å²) in [6.45, 7) is 7.62. The Labute approximate surface area is 68.6 Å². The fourth-order valence-corrected chi connectivity index (χ4v) is 1.24. The standard InChI is InChI=1S/C8H19NO2/c1-4-9(5-2)8(3,6-10)7-11/h10-11H,4-7H2,1-3H3. The molecule has 0 aliphatic rings. The maximum atomic E-state index is 9.02. The largest absolute Gasteiger partial charge is 0.394 e. The Kier molecular flexibility index (Phi) is 4.65. The van der Waals surface area contributed by atoms with Crippen molar-refractivity contribution in [2.45, 2.75) is 26.3 Å². The zero-order valence-electron chi connectivity index (χ0n) is 7.67. The average molecular weight is 161 g/mol. The molecule has 68 valence electrons. The predicted molar refractivity (Wildman–Crippen MR) is 45.5 cm³/mol. The first-order valence-corrected chi connectivity index (χ1v) is 4.11. The van der Waals surface area contributed by atoms with Gasteiger partial charge >= 0.3 is 0 Å². The number of likely N-dealkylation sites (N-methyl/N-ethyl adjacent to an activating group) is 1. The van der Waals surface area contributed by atoms with Crippen molar-refractivity contribution in [3.8, 4) is 0 Å². The second-order valence-corrected chi connectivity index (χ2v) is 2.99. The molecule has 0 bridgehead atoms. The van der Waals surface area contributed by atoms with Gasteiger partial charge in [0.25, 0.3) is 0 Å². The monoisotopic (exact) mass is 161 g/mol. The van der Waals surface area contributed by atoms with Crippen LogP contribution in [0.3, 0.4) is 0 Å². The molecule has 0 saturated carbocycles. The van der Waals surface area contributed by atoms with Gasteiger partial charge in [0.1, 0.15) is 0 Å². The number of hydrogen-bond donors (Lipinski definition) is 2. The van der Waals surface area contributed by atoms with Crippen LogP contribution in [0.5, 0.6) is 0 Å². The third-order valence-electron chi connectivity index (χ3n) is 2.21. The van der Waals surface area contributed by atoms with Gasteiger partial charge in [0.05, 0.1) is 18.8 Å². The molecule has 2 N–H and O–H groups in total. The molecular formula is C8H19NO2. The second-order valence-electron chi connectivity index (χ2n) is 2.99. The molecule has 0 rings (SSSR count). The van der Waals surface area contributed by atoms with Gasteiger partial charge in [0, 0.05) is 0 Å². The highest BCUT2D eigenvalue weighted by Crippen LogP contribution is 2.12. The molecule has 0 amide bonds. The van der Waals surface area contributed by atoms with E-state index in [4.69, 9.17) is 10.2 Å². The van der Waals surface area contributed by atoms with Gasteiger partial charge in [-0.2, -0.15) is 0 Å². The Balaban J connectivity index is 4.19. The summed E-state index contributed by atoms with van der Waals surface area (Å²) in [7, 11) is 0. The van der Waals surface area contributed by atoms with Crippen LogP contribution in [0.1, 0.15) is 20.8 Å². The molecule has 0 aromatic heterocycles. The van der Waals surface area contributed by atoms with Crippen molar-refractivity contribution in [2.75, 3.05) is 26.3 Å². The molecule has 11 heavy (non-hydrogen) atoms. The molecule has 3 heteroatoms. The number of rotatable bonds is 5. The number of aliphatic hydroxyl groups excluding tert-OH is 2. The van der Waals surface area contributed by atoms with Crippen molar-refractivity contribution in [1.82, 2.24) is 4.90 Å². The topological polar surface area (TPSA) is 43.7 Å². The van der Waals surface area contributed by atoms with Gasteiger partial charge in [-0.25, -0.2) is 0 Å². The number of nitrogens with zero attached hydrogens (tertiary/aromatic N) is 1. The average Bonchev–Trinajstić information content (AvgIpc) is 2.06. The van der Waals surface area contributed by atoms with E-state index in [1.165, 1.54) is 0 Å². The van der Waals surface area contributed by atoms with Crippen molar-refractivity contribution in [3.63, 3.8) is 0 Å². The molecule has 0 aliphatic carbocycles. The summed E-state index contributed by atoms with van der Waals surface area (Å²) < 4.78 is 0. The summed E-state index contributed by atoms with van der Waals surface area (Å²) in [5.41, 5.74) is -0.455. The van der Waals surface area contributed by atoms with Crippen LogP contribution in [0.2, 0.25) is 0 Å². The number of aliphatic hydroxyl groups is 2. The van der Waals surface area contributed by atoms with Crippen LogP contribution in [0.15, 0.2) is 0 Å². The van der Waals surface area contributed by atoms with E-state index < -0.39 is 5.54 Å². The van der Waals surface area contributed by atoms with Crippen LogP contribution < -0.4 is 0 Å². The third-order valence-corrected chi connectivity index (χ3v) is 2.21. The van der Waals surface area contributed by atoms with E-state index in [-0.39, 0.29) is 13.2 Å². The van der Waals surface area contributed by atoms with E-state index in [0.29, 0.717) is 0 Å². The zero-order valence-corrected chi connectivity index (χ0v) is 7.67. The lowest BCUT2D eigenvalue weighted by molar-refractivity contribution is 0.00551. The molecule has 0 atom stereocenters. The van der Waals surface area contributed by atoms with E-state index in [1.54, 1.807) is 0 Å². The summed E-state index contributed by atoms with van der Waals surface area (Å²) in [5, 5.41) is 18.0. The first-order valence-electron chi connectivity index (χ1n) is 4.11. The molecule has 0 unspecified atom stereocenters. The Bertz CT molecular complexity index is 98.3. The summed E-state index contributed by atoms with van der Waals surface area (Å²) in [4.78, 5) is 2.05. The van der Waals surface area contributed by atoms with Crippen LogP contribution in [-0.2, 0) is 0 Å². The minimum absolute atomic E-state index is 0.00514. The quantitative estimate of drug-likeness (QED) is 0.600. The van der Waals surface area contributed by atoms with E-state index in [1.807, 2.05) is 25.7 Å². The van der Waals surface area contributed by atoms with Crippen LogP contribution in [0.4, 0.5) is 0 Å². The van der Waals surface area contributed by atoms with Gasteiger partial charge < -0.3 is 10.2 Å². The molecule has 0 aromatic carbocycles. The molecule has 0 heterocycles. The zero-order chi connectivity index (χ0) is 8.91. The predicted octanol–water partition coefficient (Wildman–Crippen LogP) is 0.0715. The molecule has 0 aromatic rings. The normalized spacial score (nSPS) is 12.5. The highest BCUT2D eigenvalue weighted by molar-refractivity contribution is 4.83. The lowest BCUT2D eigenvalue weighted by atomic mass is 10.0. The fraction of sp³-hybridized carbons (Fsp3) is 1.00. The highest BCUT2D eigenvalue weighted by atomic mass is 16.3. The Hall–Kier alpha value is -0.120. The first kappa shape index (κ1) is 10.9. The van der Waals surface area contributed by atoms with E-state index in [9.17, 15) is 0 Å². The summed E-state index contributed by atoms with van der Waals surface area (Å²) >= 11 is 0. The SMILES string of the molecule is CCN(CC)C(C)(CO)CO. The third kappa shape index (κ3) is 2.43. The maximum Gasteiger partial charge on any atom is 0.0644 e. The lowest BCUT2D eigenvalue weighted by Gasteiger charge is -2.37. The molecular weight excluding hydrogens is 142 g/mol. The molecule has 0 aliphatic heterocycles. The van der Waals surface area contributed by atoms with E-state index in [2.05, 4.69) is 0 Å². The first-order chi connectivity index (χ1) is 5.14. The van der Waals surface area contributed by atoms with E-state index in [0.717, 1.165) is 13.1 Å². The van der Waals surface area contributed by atoms with Gasteiger partial charge in [-0.1, -0.05) is 13.8 Å². The second kappa shape index (κ2) is 4.70. The minimum atomic E-state index is -0.455. The fourth-order valence-electron chi connectivity index (χ4n) is 1.24. The summed E-state index contributed by atoms with van der Waals surface area (Å²) in [5.74, 6) is 0. The molecule has 0 radical (unpaired) electrons. The van der Waals surface area contributed by atoms with Gasteiger partial charge in [0.15, 0.2) is 0 Å². The highest BCUT2D eigenvalue weighted by Gasteiger charge is 2.27. The molecule has 3 nitrogen and oxygen atoms in total. The maximum absolute atomic E-state index is 9.02. The van der Waals surface area contributed by atoms with Crippen molar-refractivity contribution in [3.05, 3.63) is 0 Å². The summed E-state index contributed by atoms with van der Waals surface area (Å²) in [6.07, 6.45) is 0. The van der Waals surface area contributed by atoms with Gasteiger partial charge in [0.2, 0.25) is 0 Å². The molecule has 0 fully saturated rings. The van der Waals surface area contributed by atoms with E-state index >= 15 is 0 Å². The Morgan fingerprint density at radius 3 is 1.55 bits per heavy atom. The summed E-state index contributed by atoms with van der Waals surface area (Å²) in [6, 6.07) is 0. The van der Waals surface area contributed by atoms with Crippen molar-refractivity contribution in [2.24, 2.45) is 0 Å². The van der Waals surface area contributed by atoms with Gasteiger partial charge in [-0.15, -0.1) is 0 Å². The minimum Gasteiger partial charge on any atom is -0.394 e. The smallest absolute Gasteiger partial charge is 0.0644 e. The van der Waals surface area contributed by atoms with Gasteiger partial charge in [-0.3, -0.25) is 4.90 Å². The molecule has 0 spiro atoms. The van der Waals surface area contributed by atoms with Crippen molar-refractivity contribution < 1.29 is 10.2 Å². The lowest BCUT2D eigenvalue weighted by Crippen LogP contribution is -2.51. The number of hydrogen-bond acceptors (Lipinski definition) is 3. The van der Waals surface area contributed by atoms with Crippen LogP contribution in [-0.4, -0.2) is 47.0 Å². The van der Waals surface area contributed by atoms with Gasteiger partial charge in [-0.05, 0) is 20.0 Å².